The summed E-state index contributed by atoms with van der Waals surface area (Å²) in [7, 11) is 3.22. The first kappa shape index (κ1) is 15.4. The van der Waals surface area contributed by atoms with Crippen LogP contribution in [-0.2, 0) is 4.74 Å². The van der Waals surface area contributed by atoms with E-state index in [1.165, 1.54) is 0 Å². The van der Waals surface area contributed by atoms with Gasteiger partial charge in [-0.3, -0.25) is 0 Å². The second-order valence-corrected chi connectivity index (χ2v) is 4.78. The van der Waals surface area contributed by atoms with Crippen molar-refractivity contribution in [3.05, 3.63) is 60.2 Å². The molecule has 0 aliphatic heterocycles. The summed E-state index contributed by atoms with van der Waals surface area (Å²) in [5.74, 6) is 0.800. The quantitative estimate of drug-likeness (QED) is 0.822. The average Bonchev–Trinajstić information content (AvgIpc) is 2.54. The Bertz CT molecular complexity index is 527. The van der Waals surface area contributed by atoms with Crippen LogP contribution in [0, 0.1) is 0 Å². The summed E-state index contributed by atoms with van der Waals surface area (Å²) in [4.78, 5) is 0. The molecule has 112 valence electrons. The van der Waals surface area contributed by atoms with E-state index in [9.17, 15) is 5.11 Å². The monoisotopic (exact) mass is 287 g/mol. The Labute approximate surface area is 125 Å². The summed E-state index contributed by atoms with van der Waals surface area (Å²) in [6.45, 7) is 0.267. The van der Waals surface area contributed by atoms with E-state index in [4.69, 9.17) is 9.47 Å². The van der Waals surface area contributed by atoms with Crippen molar-refractivity contribution in [2.24, 2.45) is 0 Å². The van der Waals surface area contributed by atoms with Crippen molar-refractivity contribution >= 4 is 5.69 Å². The maximum absolute atomic E-state index is 10.3. The van der Waals surface area contributed by atoms with Crippen LogP contribution in [0.1, 0.15) is 11.6 Å². The molecular formula is C17H21NO3. The Morgan fingerprint density at radius 1 is 1.00 bits per heavy atom. The van der Waals surface area contributed by atoms with E-state index in [1.54, 1.807) is 14.2 Å². The number of hydrogen-bond donors (Lipinski definition) is 2. The Balaban J connectivity index is 2.18. The lowest BCUT2D eigenvalue weighted by Gasteiger charge is -2.25. The molecule has 0 saturated heterocycles. The molecular weight excluding hydrogens is 266 g/mol. The highest BCUT2D eigenvalue weighted by atomic mass is 16.5. The van der Waals surface area contributed by atoms with Gasteiger partial charge in [-0.05, 0) is 29.8 Å². The number of aliphatic hydroxyl groups is 1. The van der Waals surface area contributed by atoms with Crippen molar-refractivity contribution in [2.45, 2.75) is 12.1 Å². The number of rotatable bonds is 7. The molecule has 2 rings (SSSR count). The predicted molar refractivity (Wildman–Crippen MR) is 83.7 cm³/mol. The number of methoxy groups -OCH3 is 2. The molecule has 0 radical (unpaired) electrons. The normalized spacial score (nSPS) is 13.5. The van der Waals surface area contributed by atoms with Crippen LogP contribution in [0.3, 0.4) is 0 Å². The third-order valence-corrected chi connectivity index (χ3v) is 3.29. The Morgan fingerprint density at radius 2 is 1.67 bits per heavy atom. The van der Waals surface area contributed by atoms with E-state index in [0.29, 0.717) is 0 Å². The van der Waals surface area contributed by atoms with Crippen LogP contribution in [0.25, 0.3) is 0 Å². The summed E-state index contributed by atoms with van der Waals surface area (Å²) in [6.07, 6.45) is -0.639. The van der Waals surface area contributed by atoms with E-state index < -0.39 is 6.10 Å². The van der Waals surface area contributed by atoms with Crippen LogP contribution >= 0.6 is 0 Å². The molecule has 2 aromatic carbocycles. The van der Waals surface area contributed by atoms with E-state index in [0.717, 1.165) is 17.0 Å². The van der Waals surface area contributed by atoms with Gasteiger partial charge in [-0.25, -0.2) is 0 Å². The van der Waals surface area contributed by atoms with E-state index >= 15 is 0 Å². The molecule has 0 amide bonds. The van der Waals surface area contributed by atoms with Crippen molar-refractivity contribution in [1.82, 2.24) is 0 Å². The fraction of sp³-hybridized carbons (Fsp3) is 0.294. The van der Waals surface area contributed by atoms with E-state index in [1.807, 2.05) is 54.6 Å². The van der Waals surface area contributed by atoms with Crippen molar-refractivity contribution in [2.75, 3.05) is 26.1 Å². The fourth-order valence-corrected chi connectivity index (χ4v) is 2.20. The summed E-state index contributed by atoms with van der Waals surface area (Å²) in [6, 6.07) is 17.2. The average molecular weight is 287 g/mol. The predicted octanol–water partition coefficient (Wildman–Crippen LogP) is 2.86. The zero-order valence-corrected chi connectivity index (χ0v) is 12.3. The van der Waals surface area contributed by atoms with Crippen LogP contribution in [0.15, 0.2) is 54.6 Å². The van der Waals surface area contributed by atoms with Gasteiger partial charge in [-0.15, -0.1) is 0 Å². The molecule has 2 N–H and O–H groups in total. The molecule has 0 aliphatic carbocycles. The van der Waals surface area contributed by atoms with Crippen LogP contribution < -0.4 is 10.1 Å². The highest BCUT2D eigenvalue weighted by Gasteiger charge is 2.20. The van der Waals surface area contributed by atoms with Crippen LogP contribution in [-0.4, -0.2) is 32.0 Å². The zero-order chi connectivity index (χ0) is 15.1. The molecule has 0 aromatic heterocycles. The minimum atomic E-state index is -0.639. The molecule has 0 unspecified atom stereocenters. The van der Waals surface area contributed by atoms with Gasteiger partial charge in [0.15, 0.2) is 0 Å². The van der Waals surface area contributed by atoms with Gasteiger partial charge in [0.2, 0.25) is 0 Å². The summed E-state index contributed by atoms with van der Waals surface area (Å²) >= 11 is 0. The minimum Gasteiger partial charge on any atom is -0.497 e. The first-order valence-electron chi connectivity index (χ1n) is 6.87. The van der Waals surface area contributed by atoms with Gasteiger partial charge in [-0.1, -0.05) is 30.3 Å². The number of anilines is 1. The highest BCUT2D eigenvalue weighted by molar-refractivity contribution is 5.48. The lowest BCUT2D eigenvalue weighted by Crippen LogP contribution is -2.29. The van der Waals surface area contributed by atoms with Gasteiger partial charge in [0.1, 0.15) is 11.9 Å². The number of nitrogens with one attached hydrogen (secondary N) is 1. The second kappa shape index (κ2) is 7.67. The third kappa shape index (κ3) is 4.21. The number of benzene rings is 2. The maximum Gasteiger partial charge on any atom is 0.119 e. The summed E-state index contributed by atoms with van der Waals surface area (Å²) < 4.78 is 10.2. The summed E-state index contributed by atoms with van der Waals surface area (Å²) in [5, 5.41) is 13.7. The van der Waals surface area contributed by atoms with Gasteiger partial charge in [0, 0.05) is 12.8 Å². The van der Waals surface area contributed by atoms with Crippen molar-refractivity contribution in [3.8, 4) is 5.75 Å². The number of hydrogen-bond acceptors (Lipinski definition) is 4. The van der Waals surface area contributed by atoms with Crippen molar-refractivity contribution in [3.63, 3.8) is 0 Å². The summed E-state index contributed by atoms with van der Waals surface area (Å²) in [5.41, 5.74) is 1.93. The molecule has 0 fully saturated rings. The lowest BCUT2D eigenvalue weighted by molar-refractivity contribution is 0.0521. The highest BCUT2D eigenvalue weighted by Crippen LogP contribution is 2.24. The minimum absolute atomic E-state index is 0.237. The van der Waals surface area contributed by atoms with Crippen LogP contribution in [0.4, 0.5) is 5.69 Å². The number of ether oxygens (including phenoxy) is 2. The molecule has 2 aromatic rings. The smallest absolute Gasteiger partial charge is 0.119 e. The van der Waals surface area contributed by atoms with E-state index in [2.05, 4.69) is 5.32 Å². The molecule has 0 spiro atoms. The van der Waals surface area contributed by atoms with Crippen LogP contribution in [0.2, 0.25) is 0 Å². The number of aliphatic hydroxyl groups excluding tert-OH is 1. The van der Waals surface area contributed by atoms with Crippen molar-refractivity contribution < 1.29 is 14.6 Å². The van der Waals surface area contributed by atoms with Gasteiger partial charge >= 0.3 is 0 Å². The molecule has 0 heterocycles. The fourth-order valence-electron chi connectivity index (χ4n) is 2.20. The molecule has 0 bridgehead atoms. The molecule has 2 atom stereocenters. The second-order valence-electron chi connectivity index (χ2n) is 4.78. The zero-order valence-electron chi connectivity index (χ0n) is 12.3. The van der Waals surface area contributed by atoms with Gasteiger partial charge in [0.25, 0.3) is 0 Å². The Morgan fingerprint density at radius 3 is 2.24 bits per heavy atom. The first-order chi connectivity index (χ1) is 10.2. The molecule has 0 aliphatic rings. The van der Waals surface area contributed by atoms with Gasteiger partial charge < -0.3 is 19.9 Å². The standard InChI is InChI=1S/C17H21NO3/c1-20-12-16(19)17(13-6-4-3-5-7-13)18-14-8-10-15(21-2)11-9-14/h3-11,16-19H,12H2,1-2H3/t16-,17-/m1/s1. The Hall–Kier alpha value is -2.04. The van der Waals surface area contributed by atoms with Gasteiger partial charge in [-0.2, -0.15) is 0 Å². The molecule has 4 heteroatoms. The van der Waals surface area contributed by atoms with E-state index in [-0.39, 0.29) is 12.6 Å². The molecule has 4 nitrogen and oxygen atoms in total. The third-order valence-electron chi connectivity index (χ3n) is 3.29. The Kier molecular flexibility index (Phi) is 5.60. The molecule has 0 saturated carbocycles. The SMILES string of the molecule is COC[C@@H](O)[C@H](Nc1ccc(OC)cc1)c1ccccc1. The van der Waals surface area contributed by atoms with Crippen LogP contribution in [0.5, 0.6) is 5.75 Å². The maximum atomic E-state index is 10.3. The van der Waals surface area contributed by atoms with Gasteiger partial charge in [0.05, 0.1) is 19.8 Å². The van der Waals surface area contributed by atoms with Crippen molar-refractivity contribution in [1.29, 1.82) is 0 Å². The first-order valence-corrected chi connectivity index (χ1v) is 6.87. The molecule has 21 heavy (non-hydrogen) atoms. The topological polar surface area (TPSA) is 50.7 Å². The largest absolute Gasteiger partial charge is 0.497 e. The lowest BCUT2D eigenvalue weighted by atomic mass is 10.0.